The lowest BCUT2D eigenvalue weighted by molar-refractivity contribution is -0.140. The SMILES string of the molecule is CCC=Cc1ccc(C2CCC(CCC3CCC(CC)CC3)CC2)c(F)c1C(F)(F)F. The van der Waals surface area contributed by atoms with Crippen LogP contribution in [0.3, 0.4) is 0 Å². The van der Waals surface area contributed by atoms with E-state index in [1.165, 1.54) is 57.1 Å². The van der Waals surface area contributed by atoms with Crippen molar-refractivity contribution < 1.29 is 17.6 Å². The number of halogens is 4. The molecule has 0 heterocycles. The zero-order chi connectivity index (χ0) is 22.4. The van der Waals surface area contributed by atoms with Gasteiger partial charge in [0.15, 0.2) is 0 Å². The minimum atomic E-state index is -4.68. The molecule has 0 saturated heterocycles. The van der Waals surface area contributed by atoms with Crippen LogP contribution in [0.5, 0.6) is 0 Å². The number of allylic oxidation sites excluding steroid dienone is 1. The number of alkyl halides is 3. The van der Waals surface area contributed by atoms with E-state index in [0.717, 1.165) is 37.5 Å². The predicted octanol–water partition coefficient (Wildman–Crippen LogP) is 9.54. The molecule has 0 unspecified atom stereocenters. The fraction of sp³-hybridized carbons (Fsp3) is 0.704. The van der Waals surface area contributed by atoms with Gasteiger partial charge >= 0.3 is 6.18 Å². The van der Waals surface area contributed by atoms with Crippen LogP contribution in [-0.2, 0) is 6.18 Å². The first-order chi connectivity index (χ1) is 14.8. The van der Waals surface area contributed by atoms with Crippen molar-refractivity contribution in [3.05, 3.63) is 40.7 Å². The summed E-state index contributed by atoms with van der Waals surface area (Å²) in [6, 6.07) is 3.04. The van der Waals surface area contributed by atoms with E-state index in [4.69, 9.17) is 0 Å². The van der Waals surface area contributed by atoms with Gasteiger partial charge in [-0.15, -0.1) is 0 Å². The Morgan fingerprint density at radius 2 is 1.39 bits per heavy atom. The average molecular weight is 439 g/mol. The second-order valence-corrected chi connectivity index (χ2v) is 9.83. The lowest BCUT2D eigenvalue weighted by atomic mass is 9.74. The smallest absolute Gasteiger partial charge is 0.206 e. The number of benzene rings is 1. The summed E-state index contributed by atoms with van der Waals surface area (Å²) < 4.78 is 55.8. The standard InChI is InChI=1S/C27H38F4/c1-3-5-6-23-17-18-24(26(28)25(23)27(29,30)31)22-15-13-21(14-16-22)12-11-20-9-7-19(4-2)8-10-20/h5-6,17-22H,3-4,7-16H2,1-2H3. The molecule has 0 bridgehead atoms. The Morgan fingerprint density at radius 1 is 0.839 bits per heavy atom. The monoisotopic (exact) mass is 438 g/mol. The van der Waals surface area contributed by atoms with E-state index >= 15 is 4.39 Å². The normalized spacial score (nSPS) is 27.7. The first kappa shape index (κ1) is 24.3. The van der Waals surface area contributed by atoms with Crippen LogP contribution in [0.25, 0.3) is 6.08 Å². The molecule has 0 amide bonds. The Labute approximate surface area is 185 Å². The Kier molecular flexibility index (Phi) is 8.64. The third-order valence-electron chi connectivity index (χ3n) is 7.83. The molecule has 2 fully saturated rings. The molecule has 0 spiro atoms. The van der Waals surface area contributed by atoms with Crippen molar-refractivity contribution >= 4 is 6.08 Å². The molecule has 0 nitrogen and oxygen atoms in total. The van der Waals surface area contributed by atoms with Gasteiger partial charge in [-0.05, 0) is 66.9 Å². The zero-order valence-electron chi connectivity index (χ0n) is 19.1. The number of hydrogen-bond acceptors (Lipinski definition) is 0. The molecule has 2 aliphatic rings. The van der Waals surface area contributed by atoms with Gasteiger partial charge < -0.3 is 0 Å². The molecule has 2 saturated carbocycles. The molecular formula is C27H38F4. The summed E-state index contributed by atoms with van der Waals surface area (Å²) in [4.78, 5) is 0. The van der Waals surface area contributed by atoms with E-state index in [-0.39, 0.29) is 17.0 Å². The van der Waals surface area contributed by atoms with Crippen molar-refractivity contribution in [1.82, 2.24) is 0 Å². The van der Waals surface area contributed by atoms with E-state index < -0.39 is 17.6 Å². The van der Waals surface area contributed by atoms with Gasteiger partial charge in [0.05, 0.1) is 5.56 Å². The van der Waals surface area contributed by atoms with Gasteiger partial charge in [-0.1, -0.05) is 83.1 Å². The molecule has 0 aliphatic heterocycles. The quantitative estimate of drug-likeness (QED) is 0.372. The maximum absolute atomic E-state index is 15.0. The maximum atomic E-state index is 15.0. The van der Waals surface area contributed by atoms with Crippen LogP contribution >= 0.6 is 0 Å². The highest BCUT2D eigenvalue weighted by Gasteiger charge is 2.38. The highest BCUT2D eigenvalue weighted by atomic mass is 19.4. The molecule has 0 radical (unpaired) electrons. The average Bonchev–Trinajstić information content (AvgIpc) is 2.76. The lowest BCUT2D eigenvalue weighted by Gasteiger charge is -2.32. The first-order valence-electron chi connectivity index (χ1n) is 12.4. The summed E-state index contributed by atoms with van der Waals surface area (Å²) in [5.41, 5.74) is -0.904. The van der Waals surface area contributed by atoms with Gasteiger partial charge in [-0.2, -0.15) is 13.2 Å². The van der Waals surface area contributed by atoms with Gasteiger partial charge in [0.25, 0.3) is 0 Å². The maximum Gasteiger partial charge on any atom is 0.419 e. The van der Waals surface area contributed by atoms with Crippen LogP contribution in [0.4, 0.5) is 17.6 Å². The summed E-state index contributed by atoms with van der Waals surface area (Å²) in [5, 5.41) is 0. The molecular weight excluding hydrogens is 400 g/mol. The van der Waals surface area contributed by atoms with Crippen LogP contribution in [0.15, 0.2) is 18.2 Å². The van der Waals surface area contributed by atoms with Crippen molar-refractivity contribution in [2.45, 2.75) is 103 Å². The Bertz CT molecular complexity index is 717. The summed E-state index contributed by atoms with van der Waals surface area (Å²) in [5.74, 6) is 1.28. The van der Waals surface area contributed by atoms with E-state index in [9.17, 15) is 13.2 Å². The van der Waals surface area contributed by atoms with Crippen molar-refractivity contribution in [3.8, 4) is 0 Å². The summed E-state index contributed by atoms with van der Waals surface area (Å²) >= 11 is 0. The molecule has 0 aromatic heterocycles. The number of hydrogen-bond donors (Lipinski definition) is 0. The molecule has 1 aromatic rings. The number of rotatable bonds is 7. The third kappa shape index (κ3) is 6.35. The fourth-order valence-electron chi connectivity index (χ4n) is 5.76. The summed E-state index contributed by atoms with van der Waals surface area (Å²) in [6.45, 7) is 4.14. The Hall–Kier alpha value is -1.32. The van der Waals surface area contributed by atoms with E-state index in [1.54, 1.807) is 12.1 Å². The second kappa shape index (κ2) is 11.0. The molecule has 1 aromatic carbocycles. The van der Waals surface area contributed by atoms with Gasteiger partial charge in [-0.25, -0.2) is 4.39 Å². The van der Waals surface area contributed by atoms with Gasteiger partial charge in [0.1, 0.15) is 5.82 Å². The molecule has 174 valence electrons. The fourth-order valence-corrected chi connectivity index (χ4v) is 5.76. The van der Waals surface area contributed by atoms with E-state index in [2.05, 4.69) is 6.92 Å². The van der Waals surface area contributed by atoms with Crippen LogP contribution in [0.1, 0.15) is 114 Å². The zero-order valence-corrected chi connectivity index (χ0v) is 19.1. The van der Waals surface area contributed by atoms with Crippen LogP contribution in [0, 0.1) is 23.6 Å². The van der Waals surface area contributed by atoms with Crippen LogP contribution < -0.4 is 0 Å². The van der Waals surface area contributed by atoms with Crippen molar-refractivity contribution in [2.24, 2.45) is 17.8 Å². The molecule has 2 aliphatic carbocycles. The summed E-state index contributed by atoms with van der Waals surface area (Å²) in [6.07, 6.45) is 11.9. The molecule has 3 rings (SSSR count). The third-order valence-corrected chi connectivity index (χ3v) is 7.83. The topological polar surface area (TPSA) is 0 Å². The van der Waals surface area contributed by atoms with E-state index in [0.29, 0.717) is 12.3 Å². The first-order valence-corrected chi connectivity index (χ1v) is 12.4. The lowest BCUT2D eigenvalue weighted by Crippen LogP contribution is -2.19. The Balaban J connectivity index is 1.58. The molecule has 0 N–H and O–H groups in total. The minimum absolute atomic E-state index is 0.0675. The highest BCUT2D eigenvalue weighted by Crippen LogP contribution is 2.43. The highest BCUT2D eigenvalue weighted by molar-refractivity contribution is 5.56. The van der Waals surface area contributed by atoms with Crippen molar-refractivity contribution in [1.29, 1.82) is 0 Å². The van der Waals surface area contributed by atoms with Crippen LogP contribution in [-0.4, -0.2) is 0 Å². The summed E-state index contributed by atoms with van der Waals surface area (Å²) in [7, 11) is 0. The van der Waals surface area contributed by atoms with Gasteiger partial charge in [0, 0.05) is 0 Å². The Morgan fingerprint density at radius 3 is 1.90 bits per heavy atom. The predicted molar refractivity (Wildman–Crippen MR) is 120 cm³/mol. The molecule has 4 heteroatoms. The van der Waals surface area contributed by atoms with Crippen LogP contribution in [0.2, 0.25) is 0 Å². The van der Waals surface area contributed by atoms with Gasteiger partial charge in [0.2, 0.25) is 0 Å². The molecule has 31 heavy (non-hydrogen) atoms. The minimum Gasteiger partial charge on any atom is -0.206 e. The second-order valence-electron chi connectivity index (χ2n) is 9.83. The van der Waals surface area contributed by atoms with Crippen molar-refractivity contribution in [2.75, 3.05) is 0 Å². The van der Waals surface area contributed by atoms with Gasteiger partial charge in [-0.3, -0.25) is 0 Å². The van der Waals surface area contributed by atoms with E-state index in [1.807, 2.05) is 6.92 Å². The largest absolute Gasteiger partial charge is 0.419 e. The molecule has 0 atom stereocenters. The van der Waals surface area contributed by atoms with Crippen molar-refractivity contribution in [3.63, 3.8) is 0 Å².